The number of likely N-dealkylation sites (tertiary alicyclic amines) is 1. The molecule has 0 atom stereocenters. The number of anilines is 1. The van der Waals surface area contributed by atoms with Gasteiger partial charge in [-0.05, 0) is 63.4 Å². The quantitative estimate of drug-likeness (QED) is 0.579. The van der Waals surface area contributed by atoms with Gasteiger partial charge in [0.1, 0.15) is 11.1 Å². The molecule has 10 heteroatoms. The Labute approximate surface area is 222 Å². The number of hydrogen-bond donors (Lipinski definition) is 1. The molecule has 4 rings (SSSR count). The molecular weight excluding hydrogens is 488 g/mol. The van der Waals surface area contributed by atoms with Crippen LogP contribution in [0.4, 0.5) is 10.5 Å². The van der Waals surface area contributed by atoms with E-state index in [-0.39, 0.29) is 24.1 Å². The fourth-order valence-corrected chi connectivity index (χ4v) is 4.95. The van der Waals surface area contributed by atoms with Crippen molar-refractivity contribution in [1.29, 1.82) is 0 Å². The van der Waals surface area contributed by atoms with Gasteiger partial charge in [-0.2, -0.15) is 0 Å². The minimum atomic E-state index is -0.794. The number of carbonyl (C=O) groups is 4. The molecule has 2 fully saturated rings. The normalized spacial score (nSPS) is 17.0. The largest absolute Gasteiger partial charge is 0.452 e. The maximum absolute atomic E-state index is 14.0. The van der Waals surface area contributed by atoms with Crippen molar-refractivity contribution in [2.24, 2.45) is 5.73 Å². The molecule has 0 radical (unpaired) electrons. The Bertz CT molecular complexity index is 1200. The molecule has 38 heavy (non-hydrogen) atoms. The molecular formula is C28H34N4O6. The molecule has 1 spiro atoms. The number of nitrogens with two attached hydrogens (primary N) is 1. The molecule has 0 aliphatic carbocycles. The zero-order chi connectivity index (χ0) is 27.5. The summed E-state index contributed by atoms with van der Waals surface area (Å²) in [6, 6.07) is 16.5. The van der Waals surface area contributed by atoms with Gasteiger partial charge in [0.25, 0.3) is 5.91 Å². The summed E-state index contributed by atoms with van der Waals surface area (Å²) in [6.07, 6.45) is 0.562. The second kappa shape index (κ2) is 10.7. The molecule has 3 amide bonds. The van der Waals surface area contributed by atoms with E-state index in [2.05, 4.69) is 4.90 Å². The maximum atomic E-state index is 14.0. The molecule has 2 aliphatic heterocycles. The van der Waals surface area contributed by atoms with E-state index in [4.69, 9.17) is 15.2 Å². The minimum absolute atomic E-state index is 0.0214. The molecule has 2 aromatic carbocycles. The number of esters is 1. The molecule has 0 saturated carbocycles. The van der Waals surface area contributed by atoms with Crippen LogP contribution in [-0.4, -0.2) is 71.2 Å². The zero-order valence-electron chi connectivity index (χ0n) is 22.0. The van der Waals surface area contributed by atoms with Gasteiger partial charge in [-0.15, -0.1) is 0 Å². The summed E-state index contributed by atoms with van der Waals surface area (Å²) in [5.41, 5.74) is 5.63. The van der Waals surface area contributed by atoms with Crippen LogP contribution in [0.5, 0.6) is 0 Å². The van der Waals surface area contributed by atoms with Gasteiger partial charge in [0, 0.05) is 25.3 Å². The van der Waals surface area contributed by atoms with Crippen molar-refractivity contribution >= 4 is 29.6 Å². The van der Waals surface area contributed by atoms with Crippen LogP contribution in [-0.2, 0) is 25.6 Å². The highest BCUT2D eigenvalue weighted by Crippen LogP contribution is 2.40. The number of primary amides is 1. The predicted octanol–water partition coefficient (Wildman–Crippen LogP) is 2.90. The average Bonchev–Trinajstić information content (AvgIpc) is 3.13. The monoisotopic (exact) mass is 522 g/mol. The van der Waals surface area contributed by atoms with E-state index >= 15 is 0 Å². The lowest BCUT2D eigenvalue weighted by atomic mass is 9.85. The smallest absolute Gasteiger partial charge is 0.410 e. The summed E-state index contributed by atoms with van der Waals surface area (Å²) in [5.74, 6) is -1.41. The summed E-state index contributed by atoms with van der Waals surface area (Å²) in [6.45, 7) is 6.46. The standard InChI is InChI=1S/C28H34N4O6/c1-27(2,3)38-26(36)30-14-12-28(13-15-30)25(35)31(19-32(28)22-10-5-4-6-11-22)17-20-8-7-9-21(16-20)24(34)37-18-23(29)33/h4-11,16H,12-15,17-19H2,1-3H3,(H2,29,33). The third-order valence-corrected chi connectivity index (χ3v) is 6.71. The van der Waals surface area contributed by atoms with Crippen LogP contribution >= 0.6 is 0 Å². The van der Waals surface area contributed by atoms with Gasteiger partial charge in [0.2, 0.25) is 5.91 Å². The van der Waals surface area contributed by atoms with Gasteiger partial charge in [-0.1, -0.05) is 30.3 Å². The average molecular weight is 523 g/mol. The predicted molar refractivity (Wildman–Crippen MR) is 140 cm³/mol. The molecule has 2 heterocycles. The topological polar surface area (TPSA) is 122 Å². The van der Waals surface area contributed by atoms with Crippen molar-refractivity contribution in [2.75, 3.05) is 31.3 Å². The SMILES string of the molecule is CC(C)(C)OC(=O)N1CCC2(CC1)C(=O)N(Cc1cccc(C(=O)OCC(N)=O)c1)CN2c1ccccc1. The lowest BCUT2D eigenvalue weighted by molar-refractivity contribution is -0.134. The third-order valence-electron chi connectivity index (χ3n) is 6.71. The van der Waals surface area contributed by atoms with Gasteiger partial charge in [-0.25, -0.2) is 9.59 Å². The molecule has 0 unspecified atom stereocenters. The van der Waals surface area contributed by atoms with Crippen LogP contribution in [0.2, 0.25) is 0 Å². The van der Waals surface area contributed by atoms with Crippen molar-refractivity contribution in [3.05, 3.63) is 65.7 Å². The van der Waals surface area contributed by atoms with E-state index in [0.717, 1.165) is 11.3 Å². The van der Waals surface area contributed by atoms with Gasteiger partial charge in [0.05, 0.1) is 12.2 Å². The van der Waals surface area contributed by atoms with Gasteiger partial charge < -0.3 is 29.9 Å². The fraction of sp³-hybridized carbons (Fsp3) is 0.429. The Hall–Kier alpha value is -4.08. The van der Waals surface area contributed by atoms with E-state index in [9.17, 15) is 19.2 Å². The van der Waals surface area contributed by atoms with Crippen LogP contribution in [0.25, 0.3) is 0 Å². The van der Waals surface area contributed by atoms with E-state index in [0.29, 0.717) is 32.6 Å². The molecule has 202 valence electrons. The highest BCUT2D eigenvalue weighted by Gasteiger charge is 2.54. The summed E-state index contributed by atoms with van der Waals surface area (Å²) >= 11 is 0. The first-order valence-electron chi connectivity index (χ1n) is 12.6. The molecule has 2 N–H and O–H groups in total. The molecule has 2 saturated heterocycles. The second-order valence-corrected chi connectivity index (χ2v) is 10.6. The number of ether oxygens (including phenoxy) is 2. The lowest BCUT2D eigenvalue weighted by Crippen LogP contribution is -2.57. The van der Waals surface area contributed by atoms with Crippen molar-refractivity contribution in [1.82, 2.24) is 9.80 Å². The van der Waals surface area contributed by atoms with E-state index in [1.54, 1.807) is 28.0 Å². The summed E-state index contributed by atoms with van der Waals surface area (Å²) < 4.78 is 10.5. The van der Waals surface area contributed by atoms with Crippen LogP contribution < -0.4 is 10.6 Å². The Morgan fingerprint density at radius 2 is 1.68 bits per heavy atom. The fourth-order valence-electron chi connectivity index (χ4n) is 4.95. The van der Waals surface area contributed by atoms with Crippen molar-refractivity contribution in [3.63, 3.8) is 0 Å². The Morgan fingerprint density at radius 3 is 2.32 bits per heavy atom. The zero-order valence-corrected chi connectivity index (χ0v) is 22.0. The van der Waals surface area contributed by atoms with E-state index < -0.39 is 29.6 Å². The third kappa shape index (κ3) is 5.90. The first-order chi connectivity index (χ1) is 18.0. The van der Waals surface area contributed by atoms with E-state index in [1.807, 2.05) is 57.2 Å². The highest BCUT2D eigenvalue weighted by molar-refractivity contribution is 5.94. The van der Waals surface area contributed by atoms with Gasteiger partial charge >= 0.3 is 12.1 Å². The highest BCUT2D eigenvalue weighted by atomic mass is 16.6. The van der Waals surface area contributed by atoms with Gasteiger partial charge in [-0.3, -0.25) is 9.59 Å². The molecule has 0 aromatic heterocycles. The first kappa shape index (κ1) is 27.0. The number of para-hydroxylation sites is 1. The molecule has 10 nitrogen and oxygen atoms in total. The Balaban J connectivity index is 1.53. The Morgan fingerprint density at radius 1 is 1.00 bits per heavy atom. The Kier molecular flexibility index (Phi) is 7.61. The van der Waals surface area contributed by atoms with Crippen molar-refractivity contribution in [2.45, 2.75) is 51.3 Å². The van der Waals surface area contributed by atoms with Crippen LogP contribution in [0.15, 0.2) is 54.6 Å². The number of rotatable bonds is 6. The number of piperidine rings is 1. The number of amides is 3. The lowest BCUT2D eigenvalue weighted by Gasteiger charge is -2.43. The minimum Gasteiger partial charge on any atom is -0.452 e. The summed E-state index contributed by atoms with van der Waals surface area (Å²) in [4.78, 5) is 55.4. The number of hydrogen-bond acceptors (Lipinski definition) is 7. The first-order valence-corrected chi connectivity index (χ1v) is 12.6. The number of benzene rings is 2. The van der Waals surface area contributed by atoms with Crippen molar-refractivity contribution in [3.8, 4) is 0 Å². The van der Waals surface area contributed by atoms with Crippen molar-refractivity contribution < 1.29 is 28.7 Å². The number of carbonyl (C=O) groups excluding carboxylic acids is 4. The summed E-state index contributed by atoms with van der Waals surface area (Å²) in [7, 11) is 0. The second-order valence-electron chi connectivity index (χ2n) is 10.6. The van der Waals surface area contributed by atoms with Crippen LogP contribution in [0.1, 0.15) is 49.5 Å². The molecule has 2 aromatic rings. The van der Waals surface area contributed by atoms with Crippen LogP contribution in [0.3, 0.4) is 0 Å². The number of nitrogens with zero attached hydrogens (tertiary/aromatic N) is 3. The molecule has 0 bridgehead atoms. The summed E-state index contributed by atoms with van der Waals surface area (Å²) in [5, 5.41) is 0. The van der Waals surface area contributed by atoms with Crippen LogP contribution in [0, 0.1) is 0 Å². The molecule has 2 aliphatic rings. The van der Waals surface area contributed by atoms with E-state index in [1.165, 1.54) is 0 Å². The van der Waals surface area contributed by atoms with Gasteiger partial charge in [0.15, 0.2) is 6.61 Å². The maximum Gasteiger partial charge on any atom is 0.410 e.